The zero-order valence-corrected chi connectivity index (χ0v) is 18.5. The molecule has 3 aromatic carbocycles. The first-order valence-electron chi connectivity index (χ1n) is 10.1. The highest BCUT2D eigenvalue weighted by molar-refractivity contribution is 6.30. The first-order chi connectivity index (χ1) is 14.6. The number of hydrogen-bond acceptors (Lipinski definition) is 3. The van der Waals surface area contributed by atoms with E-state index in [0.29, 0.717) is 0 Å². The molecule has 4 rings (SSSR count). The fraction of sp³-hybridized carbons (Fsp3) is 0.240. The zero-order chi connectivity index (χ0) is 21.1. The summed E-state index contributed by atoms with van der Waals surface area (Å²) in [5.41, 5.74) is 4.61. The van der Waals surface area contributed by atoms with E-state index in [9.17, 15) is 0 Å². The van der Waals surface area contributed by atoms with Crippen molar-refractivity contribution in [1.82, 2.24) is 5.32 Å². The van der Waals surface area contributed by atoms with Crippen LogP contribution in [0, 0.1) is 0 Å². The summed E-state index contributed by atoms with van der Waals surface area (Å²) in [7, 11) is 1.70. The monoisotopic (exact) mass is 438 g/mol. The van der Waals surface area contributed by atoms with E-state index in [-0.39, 0.29) is 12.1 Å². The Bertz CT molecular complexity index is 1050. The van der Waals surface area contributed by atoms with Gasteiger partial charge in [-0.25, -0.2) is 0 Å². The molecule has 2 unspecified atom stereocenters. The lowest BCUT2D eigenvalue weighted by molar-refractivity contribution is 0.414. The molecular weight excluding hydrogens is 415 g/mol. The van der Waals surface area contributed by atoms with Gasteiger partial charge in [0.15, 0.2) is 0 Å². The predicted octanol–water partition coefficient (Wildman–Crippen LogP) is 6.79. The molecule has 3 nitrogen and oxygen atoms in total. The van der Waals surface area contributed by atoms with E-state index in [2.05, 4.69) is 36.5 Å². The summed E-state index contributed by atoms with van der Waals surface area (Å²) in [4.78, 5) is 5.13. The van der Waals surface area contributed by atoms with Crippen molar-refractivity contribution in [2.75, 3.05) is 7.11 Å². The van der Waals surface area contributed by atoms with E-state index >= 15 is 0 Å². The third kappa shape index (κ3) is 4.33. The SMILES string of the molecule is CCCc1cc(OC)ccc1C1=NC(c2ccc(Cl)cc2)C(c2ccc(Cl)cc2)N1. The van der Waals surface area contributed by atoms with E-state index in [1.54, 1.807) is 7.11 Å². The second kappa shape index (κ2) is 9.11. The lowest BCUT2D eigenvalue weighted by atomic mass is 9.95. The molecule has 154 valence electrons. The Morgan fingerprint density at radius 2 is 1.53 bits per heavy atom. The Morgan fingerprint density at radius 3 is 2.13 bits per heavy atom. The Labute approximate surface area is 187 Å². The van der Waals surface area contributed by atoms with Crippen molar-refractivity contribution in [3.63, 3.8) is 0 Å². The molecule has 0 saturated heterocycles. The summed E-state index contributed by atoms with van der Waals surface area (Å²) in [6, 6.07) is 22.0. The van der Waals surface area contributed by atoms with Crippen LogP contribution >= 0.6 is 23.2 Å². The molecule has 0 radical (unpaired) electrons. The Hall–Kier alpha value is -2.49. The number of nitrogens with zero attached hydrogens (tertiary/aromatic N) is 1. The van der Waals surface area contributed by atoms with Gasteiger partial charge in [0, 0.05) is 15.6 Å². The van der Waals surface area contributed by atoms with Crippen LogP contribution in [0.1, 0.15) is 47.7 Å². The van der Waals surface area contributed by atoms with Crippen LogP contribution in [0.5, 0.6) is 5.75 Å². The van der Waals surface area contributed by atoms with Gasteiger partial charge in [0.2, 0.25) is 0 Å². The van der Waals surface area contributed by atoms with Gasteiger partial charge in [-0.3, -0.25) is 4.99 Å². The summed E-state index contributed by atoms with van der Waals surface area (Å²) in [5.74, 6) is 1.77. The number of nitrogens with one attached hydrogen (secondary N) is 1. The Morgan fingerprint density at radius 1 is 0.900 bits per heavy atom. The number of aryl methyl sites for hydroxylation is 1. The first-order valence-corrected chi connectivity index (χ1v) is 10.9. The Balaban J connectivity index is 1.76. The summed E-state index contributed by atoms with van der Waals surface area (Å²) < 4.78 is 5.44. The molecule has 1 N–H and O–H groups in total. The first kappa shape index (κ1) is 20.8. The number of rotatable bonds is 6. The zero-order valence-electron chi connectivity index (χ0n) is 17.0. The maximum Gasteiger partial charge on any atom is 0.129 e. The van der Waals surface area contributed by atoms with Crippen molar-refractivity contribution in [3.8, 4) is 5.75 Å². The molecule has 0 aromatic heterocycles. The number of amidine groups is 1. The van der Waals surface area contributed by atoms with Gasteiger partial charge in [-0.05, 0) is 65.6 Å². The molecule has 0 saturated carbocycles. The van der Waals surface area contributed by atoms with Crippen LogP contribution in [0.25, 0.3) is 0 Å². The molecule has 2 atom stereocenters. The third-order valence-corrected chi connectivity index (χ3v) is 5.91. The largest absolute Gasteiger partial charge is 0.497 e. The lowest BCUT2D eigenvalue weighted by Crippen LogP contribution is -2.26. The van der Waals surface area contributed by atoms with E-state index < -0.39 is 0 Å². The molecule has 0 bridgehead atoms. The normalized spacial score (nSPS) is 18.1. The lowest BCUT2D eigenvalue weighted by Gasteiger charge is -2.20. The smallest absolute Gasteiger partial charge is 0.129 e. The molecule has 1 heterocycles. The number of aliphatic imine (C=N–C) groups is 1. The number of benzene rings is 3. The van der Waals surface area contributed by atoms with Crippen LogP contribution in [0.15, 0.2) is 71.7 Å². The minimum Gasteiger partial charge on any atom is -0.497 e. The van der Waals surface area contributed by atoms with Gasteiger partial charge in [-0.1, -0.05) is 60.8 Å². The highest BCUT2D eigenvalue weighted by atomic mass is 35.5. The maximum atomic E-state index is 6.12. The minimum absolute atomic E-state index is 0.00928. The van der Waals surface area contributed by atoms with Crippen molar-refractivity contribution in [1.29, 1.82) is 0 Å². The standard InChI is InChI=1S/C25H24Cl2N2O/c1-3-4-18-15-21(30-2)13-14-22(18)25-28-23(16-5-9-19(26)10-6-16)24(29-25)17-7-11-20(27)12-8-17/h5-15,23-24H,3-4H2,1-2H3,(H,28,29). The van der Waals surface area contributed by atoms with Crippen LogP contribution in [0.4, 0.5) is 0 Å². The fourth-order valence-electron chi connectivity index (χ4n) is 3.89. The molecule has 0 amide bonds. The van der Waals surface area contributed by atoms with Gasteiger partial charge in [-0.15, -0.1) is 0 Å². The molecule has 5 heteroatoms. The fourth-order valence-corrected chi connectivity index (χ4v) is 4.14. The van der Waals surface area contributed by atoms with Crippen molar-refractivity contribution in [2.24, 2.45) is 4.99 Å². The number of ether oxygens (including phenoxy) is 1. The highest BCUT2D eigenvalue weighted by Gasteiger charge is 2.32. The van der Waals surface area contributed by atoms with Gasteiger partial charge in [-0.2, -0.15) is 0 Å². The summed E-state index contributed by atoms with van der Waals surface area (Å²) in [6.07, 6.45) is 2.01. The van der Waals surface area contributed by atoms with Crippen LogP contribution in [0.3, 0.4) is 0 Å². The quantitative estimate of drug-likeness (QED) is 0.459. The van der Waals surface area contributed by atoms with Gasteiger partial charge in [0.25, 0.3) is 0 Å². The molecule has 0 fully saturated rings. The molecule has 30 heavy (non-hydrogen) atoms. The second-order valence-electron chi connectivity index (χ2n) is 7.42. The van der Waals surface area contributed by atoms with Gasteiger partial charge in [0.1, 0.15) is 17.6 Å². The summed E-state index contributed by atoms with van der Waals surface area (Å²) >= 11 is 12.2. The topological polar surface area (TPSA) is 33.6 Å². The maximum absolute atomic E-state index is 6.12. The van der Waals surface area contributed by atoms with Crippen LogP contribution in [0.2, 0.25) is 10.0 Å². The van der Waals surface area contributed by atoms with Gasteiger partial charge >= 0.3 is 0 Å². The van der Waals surface area contributed by atoms with E-state index in [1.165, 1.54) is 5.56 Å². The van der Waals surface area contributed by atoms with Crippen molar-refractivity contribution in [3.05, 3.63) is 99.0 Å². The average Bonchev–Trinajstić information content (AvgIpc) is 3.20. The molecule has 0 aliphatic carbocycles. The minimum atomic E-state index is -0.0602. The van der Waals surface area contributed by atoms with Crippen LogP contribution < -0.4 is 10.1 Å². The summed E-state index contributed by atoms with van der Waals surface area (Å²) in [6.45, 7) is 2.18. The van der Waals surface area contributed by atoms with Gasteiger partial charge in [0.05, 0.1) is 13.2 Å². The van der Waals surface area contributed by atoms with E-state index in [1.807, 2.05) is 42.5 Å². The number of hydrogen-bond donors (Lipinski definition) is 1. The number of halogens is 2. The van der Waals surface area contributed by atoms with Crippen molar-refractivity contribution in [2.45, 2.75) is 31.8 Å². The molecule has 3 aromatic rings. The van der Waals surface area contributed by atoms with Crippen LogP contribution in [-0.2, 0) is 6.42 Å². The van der Waals surface area contributed by atoms with E-state index in [0.717, 1.165) is 51.2 Å². The van der Waals surface area contributed by atoms with Gasteiger partial charge < -0.3 is 10.1 Å². The van der Waals surface area contributed by atoms with E-state index in [4.69, 9.17) is 32.9 Å². The highest BCUT2D eigenvalue weighted by Crippen LogP contribution is 2.38. The predicted molar refractivity (Wildman–Crippen MR) is 125 cm³/mol. The molecule has 1 aliphatic rings. The molecular formula is C25H24Cl2N2O. The number of methoxy groups -OCH3 is 1. The third-order valence-electron chi connectivity index (χ3n) is 5.40. The molecule has 0 spiro atoms. The Kier molecular flexibility index (Phi) is 6.31. The van der Waals surface area contributed by atoms with Crippen molar-refractivity contribution >= 4 is 29.0 Å². The van der Waals surface area contributed by atoms with Crippen LogP contribution in [-0.4, -0.2) is 12.9 Å². The molecule has 1 aliphatic heterocycles. The average molecular weight is 439 g/mol. The van der Waals surface area contributed by atoms with Crippen molar-refractivity contribution < 1.29 is 4.74 Å². The second-order valence-corrected chi connectivity index (χ2v) is 8.29. The summed E-state index contributed by atoms with van der Waals surface area (Å²) in [5, 5.41) is 5.12.